The summed E-state index contributed by atoms with van der Waals surface area (Å²) >= 11 is 0. The van der Waals surface area contributed by atoms with Crippen molar-refractivity contribution < 1.29 is 22.0 Å². The second-order valence-electron chi connectivity index (χ2n) is 4.13. The van der Waals surface area contributed by atoms with Crippen LogP contribution in [0.4, 0.5) is 8.78 Å². The van der Waals surface area contributed by atoms with E-state index in [1.54, 1.807) is 0 Å². The Morgan fingerprint density at radius 3 is 2.59 bits per heavy atom. The van der Waals surface area contributed by atoms with Crippen molar-refractivity contribution in [2.45, 2.75) is 30.4 Å². The predicted octanol–water partition coefficient (Wildman–Crippen LogP) is -0.336. The molecular weight excluding hydrogens is 254 g/mol. The minimum Gasteiger partial charge on any atom is -0.349 e. The van der Waals surface area contributed by atoms with Crippen LogP contribution < -0.4 is 11.1 Å². The molecule has 0 radical (unpaired) electrons. The van der Waals surface area contributed by atoms with E-state index in [4.69, 9.17) is 5.73 Å². The molecule has 100 valence electrons. The Labute approximate surface area is 98.7 Å². The molecule has 1 heterocycles. The zero-order valence-electron chi connectivity index (χ0n) is 9.29. The van der Waals surface area contributed by atoms with E-state index < -0.39 is 40.0 Å². The van der Waals surface area contributed by atoms with E-state index in [9.17, 15) is 22.0 Å². The molecular formula is C9H16F2N2O3S. The molecule has 0 aromatic heterocycles. The highest BCUT2D eigenvalue weighted by Crippen LogP contribution is 2.20. The molecule has 1 aliphatic heterocycles. The summed E-state index contributed by atoms with van der Waals surface area (Å²) in [5.41, 5.74) is 4.80. The Kier molecular flexibility index (Phi) is 4.42. The molecule has 0 aliphatic carbocycles. The summed E-state index contributed by atoms with van der Waals surface area (Å²) in [7, 11) is -3.49. The van der Waals surface area contributed by atoms with Gasteiger partial charge in [0.25, 0.3) is 5.92 Å². The average Bonchev–Trinajstić information content (AvgIpc) is 2.25. The lowest BCUT2D eigenvalue weighted by molar-refractivity contribution is -0.122. The summed E-state index contributed by atoms with van der Waals surface area (Å²) in [4.78, 5) is 11.5. The number of hydrogen-bond donors (Lipinski definition) is 2. The van der Waals surface area contributed by atoms with Gasteiger partial charge in [0, 0.05) is 0 Å². The SMILES string of the molecule is NCC(F)(F)CNC(=O)C1CCCCS1(=O)=O. The number of sulfone groups is 1. The van der Waals surface area contributed by atoms with E-state index in [1.165, 1.54) is 0 Å². The lowest BCUT2D eigenvalue weighted by Gasteiger charge is -2.22. The van der Waals surface area contributed by atoms with Crippen LogP contribution in [0.2, 0.25) is 0 Å². The molecule has 1 amide bonds. The van der Waals surface area contributed by atoms with Crippen molar-refractivity contribution in [1.82, 2.24) is 5.32 Å². The van der Waals surface area contributed by atoms with Gasteiger partial charge in [0.1, 0.15) is 5.25 Å². The second kappa shape index (κ2) is 5.26. The van der Waals surface area contributed by atoms with Gasteiger partial charge in [-0.05, 0) is 12.8 Å². The summed E-state index contributed by atoms with van der Waals surface area (Å²) in [6.45, 7) is -1.81. The van der Waals surface area contributed by atoms with Gasteiger partial charge in [0.05, 0.1) is 18.8 Å². The monoisotopic (exact) mass is 270 g/mol. The fourth-order valence-corrected chi connectivity index (χ4v) is 3.48. The molecule has 1 atom stereocenters. The van der Waals surface area contributed by atoms with Crippen molar-refractivity contribution in [3.8, 4) is 0 Å². The first-order valence-corrected chi connectivity index (χ1v) is 7.07. The highest BCUT2D eigenvalue weighted by molar-refractivity contribution is 7.92. The lowest BCUT2D eigenvalue weighted by Crippen LogP contribution is -2.48. The van der Waals surface area contributed by atoms with Crippen LogP contribution in [0.3, 0.4) is 0 Å². The van der Waals surface area contributed by atoms with Crippen LogP contribution in [0.1, 0.15) is 19.3 Å². The van der Waals surface area contributed by atoms with Crippen molar-refractivity contribution in [2.24, 2.45) is 5.73 Å². The molecule has 1 aliphatic rings. The maximum absolute atomic E-state index is 12.8. The Morgan fingerprint density at radius 2 is 2.06 bits per heavy atom. The van der Waals surface area contributed by atoms with Crippen molar-refractivity contribution in [3.05, 3.63) is 0 Å². The molecule has 1 unspecified atom stereocenters. The van der Waals surface area contributed by atoms with Gasteiger partial charge >= 0.3 is 0 Å². The van der Waals surface area contributed by atoms with E-state index in [1.807, 2.05) is 5.32 Å². The van der Waals surface area contributed by atoms with Gasteiger partial charge < -0.3 is 11.1 Å². The van der Waals surface area contributed by atoms with Crippen LogP contribution in [-0.2, 0) is 14.6 Å². The van der Waals surface area contributed by atoms with Crippen LogP contribution in [0, 0.1) is 0 Å². The van der Waals surface area contributed by atoms with E-state index >= 15 is 0 Å². The van der Waals surface area contributed by atoms with Gasteiger partial charge in [-0.15, -0.1) is 0 Å². The number of hydrogen-bond acceptors (Lipinski definition) is 4. The molecule has 3 N–H and O–H groups in total. The molecule has 17 heavy (non-hydrogen) atoms. The number of carbonyl (C=O) groups excluding carboxylic acids is 1. The molecule has 0 aromatic carbocycles. The summed E-state index contributed by atoms with van der Waals surface area (Å²) < 4.78 is 48.7. The fourth-order valence-electron chi connectivity index (χ4n) is 1.65. The molecule has 0 spiro atoms. The first-order chi connectivity index (χ1) is 7.78. The van der Waals surface area contributed by atoms with Gasteiger partial charge in [-0.1, -0.05) is 6.42 Å². The van der Waals surface area contributed by atoms with E-state index in [-0.39, 0.29) is 12.2 Å². The van der Waals surface area contributed by atoms with Crippen molar-refractivity contribution >= 4 is 15.7 Å². The zero-order chi connectivity index (χ0) is 13.1. The minimum absolute atomic E-state index is 0.0572. The number of nitrogens with one attached hydrogen (secondary N) is 1. The topological polar surface area (TPSA) is 89.3 Å². The van der Waals surface area contributed by atoms with Crippen molar-refractivity contribution in [3.63, 3.8) is 0 Å². The normalized spacial score (nSPS) is 24.3. The molecule has 0 saturated carbocycles. The average molecular weight is 270 g/mol. The van der Waals surface area contributed by atoms with Gasteiger partial charge in [0.15, 0.2) is 9.84 Å². The standard InChI is InChI=1S/C9H16F2N2O3S/c10-9(11,5-12)6-13-8(14)7-3-1-2-4-17(7,15)16/h7H,1-6,12H2,(H,13,14). The third-order valence-corrected chi connectivity index (χ3v) is 4.87. The first-order valence-electron chi connectivity index (χ1n) is 5.36. The van der Waals surface area contributed by atoms with E-state index in [0.717, 1.165) is 0 Å². The van der Waals surface area contributed by atoms with Gasteiger partial charge in [-0.25, -0.2) is 17.2 Å². The second-order valence-corrected chi connectivity index (χ2v) is 6.43. The third kappa shape index (κ3) is 3.88. The quantitative estimate of drug-likeness (QED) is 0.731. The Hall–Kier alpha value is -0.760. The Morgan fingerprint density at radius 1 is 1.41 bits per heavy atom. The van der Waals surface area contributed by atoms with Crippen molar-refractivity contribution in [2.75, 3.05) is 18.8 Å². The maximum atomic E-state index is 12.8. The van der Waals surface area contributed by atoms with Crippen LogP contribution in [0.15, 0.2) is 0 Å². The molecule has 8 heteroatoms. The number of alkyl halides is 2. The smallest absolute Gasteiger partial charge is 0.277 e. The lowest BCUT2D eigenvalue weighted by atomic mass is 10.2. The number of amides is 1. The summed E-state index contributed by atoms with van der Waals surface area (Å²) in [5.74, 6) is -4.11. The Bertz CT molecular complexity index is 384. The van der Waals surface area contributed by atoms with E-state index in [2.05, 4.69) is 0 Å². The van der Waals surface area contributed by atoms with Crippen LogP contribution in [0.25, 0.3) is 0 Å². The number of carbonyl (C=O) groups is 1. The molecule has 5 nitrogen and oxygen atoms in total. The van der Waals surface area contributed by atoms with Gasteiger partial charge in [0.2, 0.25) is 5.91 Å². The van der Waals surface area contributed by atoms with Crippen LogP contribution >= 0.6 is 0 Å². The predicted molar refractivity (Wildman–Crippen MR) is 58.4 cm³/mol. The maximum Gasteiger partial charge on any atom is 0.277 e. The molecule has 1 fully saturated rings. The number of nitrogens with two attached hydrogens (primary N) is 1. The summed E-state index contributed by atoms with van der Waals surface area (Å²) in [5, 5.41) is 0.761. The molecule has 1 saturated heterocycles. The highest BCUT2D eigenvalue weighted by Gasteiger charge is 2.36. The number of halogens is 2. The van der Waals surface area contributed by atoms with Gasteiger partial charge in [-0.3, -0.25) is 4.79 Å². The molecule has 1 rings (SSSR count). The van der Waals surface area contributed by atoms with Crippen LogP contribution in [-0.4, -0.2) is 44.3 Å². The fraction of sp³-hybridized carbons (Fsp3) is 0.889. The molecule has 0 aromatic rings. The third-order valence-electron chi connectivity index (χ3n) is 2.69. The van der Waals surface area contributed by atoms with Crippen molar-refractivity contribution in [1.29, 1.82) is 0 Å². The highest BCUT2D eigenvalue weighted by atomic mass is 32.2. The van der Waals surface area contributed by atoms with E-state index in [0.29, 0.717) is 12.8 Å². The minimum atomic E-state index is -3.49. The van der Waals surface area contributed by atoms with Gasteiger partial charge in [-0.2, -0.15) is 0 Å². The summed E-state index contributed by atoms with van der Waals surface area (Å²) in [6.07, 6.45) is 1.33. The first kappa shape index (κ1) is 14.3. The Balaban J connectivity index is 2.58. The summed E-state index contributed by atoms with van der Waals surface area (Å²) in [6, 6.07) is 0. The molecule has 0 bridgehead atoms. The number of rotatable bonds is 4. The van der Waals surface area contributed by atoms with Crippen LogP contribution in [0.5, 0.6) is 0 Å². The zero-order valence-corrected chi connectivity index (χ0v) is 10.1. The largest absolute Gasteiger partial charge is 0.349 e.